The maximum Gasteiger partial charge on any atom is 0.342 e. The Morgan fingerprint density at radius 2 is 1.61 bits per heavy atom. The van der Waals surface area contributed by atoms with E-state index in [9.17, 15) is 9.59 Å². The number of ether oxygens (including phenoxy) is 4. The van der Waals surface area contributed by atoms with E-state index in [1.807, 2.05) is 19.1 Å². The number of methoxy groups -OCH3 is 3. The SMILES string of the molecule is COc1ccc(C(=O)OCC(=O)NC(C)c2ccc(Cl)cc2)c(OC)c1OC. The number of halogens is 1. The van der Waals surface area contributed by atoms with Crippen LogP contribution < -0.4 is 19.5 Å². The molecule has 2 rings (SSSR count). The van der Waals surface area contributed by atoms with Crippen molar-refractivity contribution in [1.29, 1.82) is 0 Å². The molecule has 0 aliphatic rings. The number of carbonyl (C=O) groups is 2. The van der Waals surface area contributed by atoms with Crippen molar-refractivity contribution in [3.8, 4) is 17.2 Å². The van der Waals surface area contributed by atoms with Gasteiger partial charge in [0.1, 0.15) is 5.56 Å². The van der Waals surface area contributed by atoms with Crippen molar-refractivity contribution in [1.82, 2.24) is 5.32 Å². The molecule has 0 aliphatic carbocycles. The third-order valence-corrected chi connectivity index (χ3v) is 4.26. The predicted molar refractivity (Wildman–Crippen MR) is 104 cm³/mol. The summed E-state index contributed by atoms with van der Waals surface area (Å²) in [7, 11) is 4.30. The minimum Gasteiger partial charge on any atom is -0.493 e. The zero-order valence-electron chi connectivity index (χ0n) is 16.1. The van der Waals surface area contributed by atoms with E-state index in [0.29, 0.717) is 10.8 Å². The van der Waals surface area contributed by atoms with Crippen molar-refractivity contribution < 1.29 is 28.5 Å². The lowest BCUT2D eigenvalue weighted by Crippen LogP contribution is -2.31. The molecule has 0 aromatic heterocycles. The van der Waals surface area contributed by atoms with Crippen LogP contribution in [0.25, 0.3) is 0 Å². The van der Waals surface area contributed by atoms with E-state index in [1.54, 1.807) is 18.2 Å². The van der Waals surface area contributed by atoms with E-state index in [0.717, 1.165) is 5.56 Å². The molecule has 28 heavy (non-hydrogen) atoms. The fraction of sp³-hybridized carbons (Fsp3) is 0.300. The summed E-state index contributed by atoms with van der Waals surface area (Å²) < 4.78 is 20.8. The molecule has 0 spiro atoms. The molecule has 0 saturated carbocycles. The highest BCUT2D eigenvalue weighted by Crippen LogP contribution is 2.39. The van der Waals surface area contributed by atoms with Crippen LogP contribution in [-0.2, 0) is 9.53 Å². The van der Waals surface area contributed by atoms with Gasteiger partial charge in [-0.3, -0.25) is 4.79 Å². The minimum atomic E-state index is -0.716. The van der Waals surface area contributed by atoms with E-state index in [1.165, 1.54) is 27.4 Å². The molecule has 150 valence electrons. The van der Waals surface area contributed by atoms with Crippen LogP contribution in [-0.4, -0.2) is 39.8 Å². The van der Waals surface area contributed by atoms with Gasteiger partial charge in [0.25, 0.3) is 5.91 Å². The molecule has 0 heterocycles. The van der Waals surface area contributed by atoms with Gasteiger partial charge in [-0.25, -0.2) is 4.79 Å². The van der Waals surface area contributed by atoms with Crippen molar-refractivity contribution in [2.45, 2.75) is 13.0 Å². The zero-order valence-corrected chi connectivity index (χ0v) is 16.8. The highest BCUT2D eigenvalue weighted by molar-refractivity contribution is 6.30. The molecule has 0 radical (unpaired) electrons. The van der Waals surface area contributed by atoms with Crippen molar-refractivity contribution in [3.05, 3.63) is 52.5 Å². The number of nitrogens with one attached hydrogen (secondary N) is 1. The Bertz CT molecular complexity index is 837. The molecule has 0 bridgehead atoms. The first-order chi connectivity index (χ1) is 13.4. The second-order valence-corrected chi connectivity index (χ2v) is 6.24. The predicted octanol–water partition coefficient (Wildman–Crippen LogP) is 3.40. The normalized spacial score (nSPS) is 11.3. The molecular formula is C20H22ClNO6. The maximum atomic E-state index is 12.4. The van der Waals surface area contributed by atoms with E-state index in [4.69, 9.17) is 30.5 Å². The van der Waals surface area contributed by atoms with Gasteiger partial charge in [0.15, 0.2) is 18.1 Å². The Balaban J connectivity index is 2.01. The fourth-order valence-corrected chi connectivity index (χ4v) is 2.71. The number of hydrogen-bond acceptors (Lipinski definition) is 6. The van der Waals surface area contributed by atoms with Crippen LogP contribution in [0.15, 0.2) is 36.4 Å². The van der Waals surface area contributed by atoms with Gasteiger partial charge in [-0.2, -0.15) is 0 Å². The van der Waals surface area contributed by atoms with Gasteiger partial charge in [0, 0.05) is 5.02 Å². The van der Waals surface area contributed by atoms with Crippen molar-refractivity contribution >= 4 is 23.5 Å². The van der Waals surface area contributed by atoms with Crippen LogP contribution in [0.4, 0.5) is 0 Å². The number of carbonyl (C=O) groups excluding carboxylic acids is 2. The smallest absolute Gasteiger partial charge is 0.342 e. The molecule has 2 aromatic rings. The van der Waals surface area contributed by atoms with Crippen LogP contribution in [0.5, 0.6) is 17.2 Å². The highest BCUT2D eigenvalue weighted by atomic mass is 35.5. The first-order valence-electron chi connectivity index (χ1n) is 8.42. The summed E-state index contributed by atoms with van der Waals surface area (Å²) in [5.74, 6) is -0.310. The Morgan fingerprint density at radius 3 is 2.18 bits per heavy atom. The molecular weight excluding hydrogens is 386 g/mol. The number of esters is 1. The summed E-state index contributed by atoms with van der Waals surface area (Å²) in [6.45, 7) is 1.38. The Labute approximate surface area is 168 Å². The average Bonchev–Trinajstić information content (AvgIpc) is 2.70. The van der Waals surface area contributed by atoms with Crippen LogP contribution >= 0.6 is 11.6 Å². The second kappa shape index (κ2) is 9.85. The van der Waals surface area contributed by atoms with Crippen molar-refractivity contribution in [3.63, 3.8) is 0 Å². The Morgan fingerprint density at radius 1 is 0.964 bits per heavy atom. The molecule has 0 saturated heterocycles. The number of hydrogen-bond donors (Lipinski definition) is 1. The molecule has 1 N–H and O–H groups in total. The zero-order chi connectivity index (χ0) is 20.7. The molecule has 0 fully saturated rings. The first-order valence-corrected chi connectivity index (χ1v) is 8.80. The summed E-state index contributed by atoms with van der Waals surface area (Å²) in [5.41, 5.74) is 1.00. The highest BCUT2D eigenvalue weighted by Gasteiger charge is 2.22. The van der Waals surface area contributed by atoms with E-state index in [-0.39, 0.29) is 23.1 Å². The van der Waals surface area contributed by atoms with E-state index in [2.05, 4.69) is 5.32 Å². The van der Waals surface area contributed by atoms with Crippen molar-refractivity contribution in [2.24, 2.45) is 0 Å². The monoisotopic (exact) mass is 407 g/mol. The quantitative estimate of drug-likeness (QED) is 0.675. The molecule has 2 aromatic carbocycles. The average molecular weight is 408 g/mol. The maximum absolute atomic E-state index is 12.4. The Hall–Kier alpha value is -2.93. The van der Waals surface area contributed by atoms with Gasteiger partial charge in [-0.05, 0) is 36.8 Å². The number of rotatable bonds is 8. The molecule has 8 heteroatoms. The molecule has 1 amide bonds. The molecule has 1 unspecified atom stereocenters. The van der Waals surface area contributed by atoms with Crippen LogP contribution in [0.3, 0.4) is 0 Å². The van der Waals surface area contributed by atoms with Crippen LogP contribution in [0.2, 0.25) is 5.02 Å². The largest absolute Gasteiger partial charge is 0.493 e. The minimum absolute atomic E-state index is 0.124. The van der Waals surface area contributed by atoms with Crippen LogP contribution in [0, 0.1) is 0 Å². The lowest BCUT2D eigenvalue weighted by atomic mass is 10.1. The number of amides is 1. The summed E-state index contributed by atoms with van der Waals surface area (Å²) in [5, 5.41) is 3.37. The summed E-state index contributed by atoms with van der Waals surface area (Å²) in [6.07, 6.45) is 0. The fourth-order valence-electron chi connectivity index (χ4n) is 2.59. The molecule has 1 atom stereocenters. The van der Waals surface area contributed by atoms with Gasteiger partial charge < -0.3 is 24.3 Å². The van der Waals surface area contributed by atoms with E-state index < -0.39 is 18.5 Å². The van der Waals surface area contributed by atoms with E-state index >= 15 is 0 Å². The lowest BCUT2D eigenvalue weighted by molar-refractivity contribution is -0.124. The topological polar surface area (TPSA) is 83.1 Å². The van der Waals surface area contributed by atoms with Gasteiger partial charge in [-0.1, -0.05) is 23.7 Å². The second-order valence-electron chi connectivity index (χ2n) is 5.80. The summed E-state index contributed by atoms with van der Waals surface area (Å²) >= 11 is 5.86. The summed E-state index contributed by atoms with van der Waals surface area (Å²) in [6, 6.07) is 9.88. The van der Waals surface area contributed by atoms with Crippen LogP contribution in [0.1, 0.15) is 28.9 Å². The number of benzene rings is 2. The van der Waals surface area contributed by atoms with Gasteiger partial charge in [0.2, 0.25) is 5.75 Å². The third-order valence-electron chi connectivity index (χ3n) is 4.01. The van der Waals surface area contributed by atoms with Gasteiger partial charge in [0.05, 0.1) is 27.4 Å². The van der Waals surface area contributed by atoms with Gasteiger partial charge in [-0.15, -0.1) is 0 Å². The lowest BCUT2D eigenvalue weighted by Gasteiger charge is -2.16. The molecule has 0 aliphatic heterocycles. The molecule has 7 nitrogen and oxygen atoms in total. The third kappa shape index (κ3) is 5.07. The van der Waals surface area contributed by atoms with Gasteiger partial charge >= 0.3 is 5.97 Å². The summed E-state index contributed by atoms with van der Waals surface area (Å²) in [4.78, 5) is 24.5. The standard InChI is InChI=1S/C20H22ClNO6/c1-12(13-5-7-14(21)8-6-13)22-17(23)11-28-20(24)15-9-10-16(25-2)19(27-4)18(15)26-3/h5-10,12H,11H2,1-4H3,(H,22,23). The Kier molecular flexibility index (Phi) is 7.52. The first kappa shape index (κ1) is 21.4. The van der Waals surface area contributed by atoms with Crippen molar-refractivity contribution in [2.75, 3.05) is 27.9 Å².